The molecule has 0 aromatic carbocycles. The Morgan fingerprint density at radius 3 is 2.54 bits per heavy atom. The summed E-state index contributed by atoms with van der Waals surface area (Å²) in [7, 11) is 0. The molecule has 0 saturated carbocycles. The molecule has 1 N–H and O–H groups in total. The highest BCUT2D eigenvalue weighted by atomic mass is 35.5. The van der Waals surface area contributed by atoms with Gasteiger partial charge in [-0.25, -0.2) is 4.90 Å². The summed E-state index contributed by atoms with van der Waals surface area (Å²) in [5, 5.41) is 2.96. The largest absolute Gasteiger partial charge is 0.306 e. The fourth-order valence-corrected chi connectivity index (χ4v) is 1.92. The van der Waals surface area contributed by atoms with E-state index in [2.05, 4.69) is 5.32 Å². The summed E-state index contributed by atoms with van der Waals surface area (Å²) >= 11 is 0. The minimum atomic E-state index is -2.54. The van der Waals surface area contributed by atoms with Gasteiger partial charge in [0.25, 0.3) is 0 Å². The smallest absolute Gasteiger partial charge is 0.304 e. The van der Waals surface area contributed by atoms with Gasteiger partial charge in [-0.1, -0.05) is 0 Å². The van der Waals surface area contributed by atoms with E-state index in [-0.39, 0.29) is 37.3 Å². The third-order valence-corrected chi connectivity index (χ3v) is 2.58. The zero-order chi connectivity index (χ0) is 7.90. The van der Waals surface area contributed by atoms with E-state index in [1.807, 2.05) is 0 Å². The number of hydrogen-bond acceptors (Lipinski definition) is 2. The summed E-state index contributed by atoms with van der Waals surface area (Å²) in [6, 6.07) is -2.41. The Labute approximate surface area is 88.9 Å². The average molecular weight is 235 g/mol. The van der Waals surface area contributed by atoms with Gasteiger partial charge in [-0.3, -0.25) is 0 Å². The van der Waals surface area contributed by atoms with Crippen molar-refractivity contribution in [3.63, 3.8) is 0 Å². The summed E-state index contributed by atoms with van der Waals surface area (Å²) < 4.78 is 25.9. The van der Waals surface area contributed by atoms with Crippen LogP contribution in [0.3, 0.4) is 0 Å². The molecule has 0 radical (unpaired) electrons. The molecule has 2 rings (SSSR count). The van der Waals surface area contributed by atoms with Crippen molar-refractivity contribution in [2.45, 2.75) is 31.4 Å². The Hall–Kier alpha value is 0.360. The lowest BCUT2D eigenvalue weighted by molar-refractivity contribution is -0.140. The van der Waals surface area contributed by atoms with Crippen molar-refractivity contribution < 1.29 is 8.78 Å². The third-order valence-electron chi connectivity index (χ3n) is 2.58. The van der Waals surface area contributed by atoms with Crippen LogP contribution in [-0.4, -0.2) is 30.2 Å². The Balaban J connectivity index is 0.000000720. The lowest BCUT2D eigenvalue weighted by atomic mass is 10.1. The molecule has 2 fully saturated rings. The normalized spacial score (nSPS) is 31.4. The zero-order valence-corrected chi connectivity index (χ0v) is 8.77. The van der Waals surface area contributed by atoms with E-state index < -0.39 is 6.05 Å². The van der Waals surface area contributed by atoms with Gasteiger partial charge in [-0.05, 0) is 19.4 Å². The molecular weight excluding hydrogens is 221 g/mol. The van der Waals surface area contributed by atoms with Crippen LogP contribution < -0.4 is 5.32 Å². The van der Waals surface area contributed by atoms with Crippen molar-refractivity contribution in [2.75, 3.05) is 13.2 Å². The van der Waals surface area contributed by atoms with Crippen LogP contribution in [0, 0.1) is 0 Å². The van der Waals surface area contributed by atoms with Crippen LogP contribution in [0.25, 0.3) is 0 Å². The minimum Gasteiger partial charge on any atom is -0.304 e. The van der Waals surface area contributed by atoms with E-state index in [0.29, 0.717) is 13.1 Å². The van der Waals surface area contributed by atoms with Gasteiger partial charge >= 0.3 is 6.05 Å². The quantitative estimate of drug-likeness (QED) is 0.644. The SMILES string of the molecule is Cl.Cl.FC1(F)CC[C@H]2CCNCN21. The second kappa shape index (κ2) is 4.73. The van der Waals surface area contributed by atoms with E-state index in [1.165, 1.54) is 4.90 Å². The number of fused-ring (bicyclic) bond motifs is 1. The Morgan fingerprint density at radius 1 is 1.23 bits per heavy atom. The first kappa shape index (κ1) is 13.4. The molecule has 0 aliphatic carbocycles. The second-order valence-electron chi connectivity index (χ2n) is 3.27. The molecule has 0 amide bonds. The maximum Gasteiger partial charge on any atom is 0.306 e. The number of nitrogens with one attached hydrogen (secondary N) is 1. The molecule has 2 aliphatic rings. The molecule has 0 aromatic heterocycles. The second-order valence-corrected chi connectivity index (χ2v) is 3.27. The topological polar surface area (TPSA) is 15.3 Å². The van der Waals surface area contributed by atoms with E-state index in [1.54, 1.807) is 0 Å². The molecule has 0 bridgehead atoms. The number of halogens is 4. The van der Waals surface area contributed by atoms with E-state index >= 15 is 0 Å². The zero-order valence-electron chi connectivity index (χ0n) is 7.13. The maximum atomic E-state index is 13.0. The van der Waals surface area contributed by atoms with Gasteiger partial charge in [0.1, 0.15) is 0 Å². The Morgan fingerprint density at radius 2 is 1.92 bits per heavy atom. The fourth-order valence-electron chi connectivity index (χ4n) is 1.92. The van der Waals surface area contributed by atoms with Gasteiger partial charge < -0.3 is 5.32 Å². The van der Waals surface area contributed by atoms with Crippen molar-refractivity contribution in [3.05, 3.63) is 0 Å². The van der Waals surface area contributed by atoms with Crippen LogP contribution >= 0.6 is 24.8 Å². The van der Waals surface area contributed by atoms with Gasteiger partial charge in [-0.15, -0.1) is 24.8 Å². The van der Waals surface area contributed by atoms with Crippen molar-refractivity contribution in [1.29, 1.82) is 0 Å². The molecule has 0 unspecified atom stereocenters. The highest BCUT2D eigenvalue weighted by molar-refractivity contribution is 5.85. The van der Waals surface area contributed by atoms with Gasteiger partial charge in [0.15, 0.2) is 0 Å². The maximum absolute atomic E-state index is 13.0. The molecule has 2 aliphatic heterocycles. The summed E-state index contributed by atoms with van der Waals surface area (Å²) in [6.45, 7) is 1.24. The van der Waals surface area contributed by atoms with Gasteiger partial charge in [0, 0.05) is 12.5 Å². The third kappa shape index (κ3) is 2.43. The molecular formula is C7H14Cl2F2N2. The Kier molecular flexibility index (Phi) is 4.86. The molecule has 0 spiro atoms. The highest BCUT2D eigenvalue weighted by Crippen LogP contribution is 2.37. The van der Waals surface area contributed by atoms with Crippen LogP contribution in [0.1, 0.15) is 19.3 Å². The molecule has 80 valence electrons. The molecule has 0 aromatic rings. The first-order chi connectivity index (χ1) is 5.20. The minimum absolute atomic E-state index is 0. The number of hydrogen-bond donors (Lipinski definition) is 1. The first-order valence-corrected chi connectivity index (χ1v) is 4.05. The lowest BCUT2D eigenvalue weighted by Gasteiger charge is -2.33. The van der Waals surface area contributed by atoms with Crippen molar-refractivity contribution >= 4 is 24.8 Å². The van der Waals surface area contributed by atoms with Crippen LogP contribution in [0.5, 0.6) is 0 Å². The lowest BCUT2D eigenvalue weighted by Crippen LogP contribution is -2.51. The number of nitrogens with zero attached hydrogens (tertiary/aromatic N) is 1. The van der Waals surface area contributed by atoms with Gasteiger partial charge in [-0.2, -0.15) is 8.78 Å². The van der Waals surface area contributed by atoms with E-state index in [0.717, 1.165) is 13.0 Å². The standard InChI is InChI=1S/C7H12F2N2.2ClH/c8-7(9)3-1-6-2-4-10-5-11(6)7;;/h6,10H,1-5H2;2*1H/t6-;;/m0../s1. The summed E-state index contributed by atoms with van der Waals surface area (Å²) in [6.07, 6.45) is 1.57. The molecule has 2 heterocycles. The Bertz CT molecular complexity index is 169. The van der Waals surface area contributed by atoms with E-state index in [9.17, 15) is 8.78 Å². The fraction of sp³-hybridized carbons (Fsp3) is 1.00. The van der Waals surface area contributed by atoms with Crippen molar-refractivity contribution in [3.8, 4) is 0 Å². The molecule has 2 saturated heterocycles. The first-order valence-electron chi connectivity index (χ1n) is 4.05. The van der Waals surface area contributed by atoms with E-state index in [4.69, 9.17) is 0 Å². The number of rotatable bonds is 0. The van der Waals surface area contributed by atoms with Gasteiger partial charge in [0.2, 0.25) is 0 Å². The summed E-state index contributed by atoms with van der Waals surface area (Å²) in [5.41, 5.74) is 0. The molecule has 13 heavy (non-hydrogen) atoms. The molecule has 1 atom stereocenters. The number of alkyl halides is 2. The van der Waals surface area contributed by atoms with Crippen molar-refractivity contribution in [1.82, 2.24) is 10.2 Å². The summed E-state index contributed by atoms with van der Waals surface area (Å²) in [4.78, 5) is 1.29. The average Bonchev–Trinajstić information content (AvgIpc) is 2.29. The highest BCUT2D eigenvalue weighted by Gasteiger charge is 2.47. The monoisotopic (exact) mass is 234 g/mol. The van der Waals surface area contributed by atoms with Gasteiger partial charge in [0.05, 0.1) is 6.67 Å². The van der Waals surface area contributed by atoms with Crippen LogP contribution in [0.2, 0.25) is 0 Å². The predicted octanol–water partition coefficient (Wildman–Crippen LogP) is 1.84. The predicted molar refractivity (Wildman–Crippen MR) is 51.8 cm³/mol. The molecule has 6 heteroatoms. The van der Waals surface area contributed by atoms with Crippen LogP contribution in [0.15, 0.2) is 0 Å². The van der Waals surface area contributed by atoms with Crippen LogP contribution in [-0.2, 0) is 0 Å². The molecule has 2 nitrogen and oxygen atoms in total. The van der Waals surface area contributed by atoms with Crippen LogP contribution in [0.4, 0.5) is 8.78 Å². The van der Waals surface area contributed by atoms with Crippen molar-refractivity contribution in [2.24, 2.45) is 0 Å². The summed E-state index contributed by atoms with van der Waals surface area (Å²) in [5.74, 6) is 0.